The molecule has 12 rings (SSSR count). The Kier molecular flexibility index (Phi) is 9.05. The molecule has 2 heterocycles. The lowest BCUT2D eigenvalue weighted by Gasteiger charge is -2.15. The summed E-state index contributed by atoms with van der Waals surface area (Å²) in [7, 11) is 0. The summed E-state index contributed by atoms with van der Waals surface area (Å²) in [4.78, 5) is 30.6. The van der Waals surface area contributed by atoms with E-state index in [-0.39, 0.29) is 0 Å². The lowest BCUT2D eigenvalue weighted by atomic mass is 9.90. The summed E-state index contributed by atoms with van der Waals surface area (Å²) >= 11 is 0. The highest BCUT2D eigenvalue weighted by Crippen LogP contribution is 2.40. The molecule has 0 spiro atoms. The maximum atomic E-state index is 5.27. The Morgan fingerprint density at radius 1 is 0.188 bits per heavy atom. The largest absolute Gasteiger partial charge is 0.208 e. The molecule has 6 nitrogen and oxygen atoms in total. The lowest BCUT2D eigenvalue weighted by Crippen LogP contribution is -2.05. The number of benzene rings is 10. The standard InChI is InChI=1S/C58H36N6/c1-4-16-37(17-5-1)53-59-54(38-18-6-2-7-19-38)62-57(61-53)58-63-55(39-20-8-3-9-21-39)60-56(64-58)48-33-46(49-28-14-26-44-30-40-22-10-12-24-42(40)35-51(44)49)32-47(34-48)50-29-15-27-45-31-41-23-11-13-25-43(41)36-52(45)50/h1-36H. The summed E-state index contributed by atoms with van der Waals surface area (Å²) in [5.74, 6) is 2.79. The van der Waals surface area contributed by atoms with Crippen LogP contribution in [0.25, 0.3) is 123 Å². The first kappa shape index (κ1) is 37.1. The molecular weight excluding hydrogens is 781 g/mol. The highest BCUT2D eigenvalue weighted by molar-refractivity contribution is 6.08. The van der Waals surface area contributed by atoms with Crippen LogP contribution in [0.5, 0.6) is 0 Å². The number of hydrogen-bond donors (Lipinski definition) is 0. The Morgan fingerprint density at radius 3 is 0.875 bits per heavy atom. The Morgan fingerprint density at radius 2 is 0.484 bits per heavy atom. The van der Waals surface area contributed by atoms with E-state index >= 15 is 0 Å². The molecule has 0 aliphatic heterocycles. The van der Waals surface area contributed by atoms with Crippen molar-refractivity contribution in [2.75, 3.05) is 0 Å². The van der Waals surface area contributed by atoms with Crippen LogP contribution in [0.15, 0.2) is 218 Å². The minimum Gasteiger partial charge on any atom is -0.208 e. The van der Waals surface area contributed by atoms with E-state index in [1.807, 2.05) is 91.0 Å². The third-order valence-corrected chi connectivity index (χ3v) is 11.9. The van der Waals surface area contributed by atoms with Crippen molar-refractivity contribution >= 4 is 43.1 Å². The third kappa shape index (κ3) is 6.89. The average Bonchev–Trinajstić information content (AvgIpc) is 3.37. The van der Waals surface area contributed by atoms with E-state index in [1.165, 1.54) is 43.1 Å². The van der Waals surface area contributed by atoms with Crippen LogP contribution in [0.3, 0.4) is 0 Å². The van der Waals surface area contributed by atoms with Gasteiger partial charge >= 0.3 is 0 Å². The highest BCUT2D eigenvalue weighted by atomic mass is 15.1. The predicted octanol–water partition coefficient (Wildman–Crippen LogP) is 14.3. The quantitative estimate of drug-likeness (QED) is 0.149. The van der Waals surface area contributed by atoms with E-state index in [0.29, 0.717) is 34.9 Å². The molecule has 0 saturated carbocycles. The van der Waals surface area contributed by atoms with Crippen molar-refractivity contribution in [1.82, 2.24) is 29.9 Å². The van der Waals surface area contributed by atoms with Crippen LogP contribution in [0, 0.1) is 0 Å². The van der Waals surface area contributed by atoms with E-state index in [1.54, 1.807) is 0 Å². The van der Waals surface area contributed by atoms with Crippen molar-refractivity contribution < 1.29 is 0 Å². The van der Waals surface area contributed by atoms with Gasteiger partial charge in [0.15, 0.2) is 23.3 Å². The number of nitrogens with zero attached hydrogens (tertiary/aromatic N) is 6. The summed E-state index contributed by atoms with van der Waals surface area (Å²) < 4.78 is 0. The average molecular weight is 817 g/mol. The Balaban J connectivity index is 1.12. The Bertz CT molecular complexity index is 3530. The molecule has 0 fully saturated rings. The topological polar surface area (TPSA) is 77.3 Å². The van der Waals surface area contributed by atoms with Gasteiger partial charge in [0, 0.05) is 22.3 Å². The van der Waals surface area contributed by atoms with Crippen LogP contribution in [0.1, 0.15) is 0 Å². The minimum absolute atomic E-state index is 0.348. The molecule has 64 heavy (non-hydrogen) atoms. The van der Waals surface area contributed by atoms with Crippen molar-refractivity contribution in [3.63, 3.8) is 0 Å². The van der Waals surface area contributed by atoms with Crippen molar-refractivity contribution in [3.05, 3.63) is 218 Å². The summed E-state index contributed by atoms with van der Waals surface area (Å²) in [6.07, 6.45) is 0. The van der Waals surface area contributed by atoms with Gasteiger partial charge in [-0.05, 0) is 108 Å². The van der Waals surface area contributed by atoms with Crippen LogP contribution in [0.2, 0.25) is 0 Å². The molecule has 0 amide bonds. The maximum Gasteiger partial charge on any atom is 0.202 e. The predicted molar refractivity (Wildman–Crippen MR) is 261 cm³/mol. The summed E-state index contributed by atoms with van der Waals surface area (Å²) in [6.45, 7) is 0. The zero-order valence-corrected chi connectivity index (χ0v) is 34.5. The molecule has 298 valence electrons. The van der Waals surface area contributed by atoms with Crippen molar-refractivity contribution in [2.45, 2.75) is 0 Å². The summed E-state index contributed by atoms with van der Waals surface area (Å²) in [5.41, 5.74) is 7.75. The lowest BCUT2D eigenvalue weighted by molar-refractivity contribution is 1.00. The SMILES string of the molecule is c1ccc(-c2nc(-c3ccccc3)nc(-c3nc(-c4ccccc4)nc(-c4cc(-c5cccc6cc7ccccc7cc56)cc(-c5cccc6cc7ccccc7cc56)c4)n3)n2)cc1. The molecule has 0 aliphatic carbocycles. The smallest absolute Gasteiger partial charge is 0.202 e. The zero-order chi connectivity index (χ0) is 42.4. The molecule has 2 aromatic heterocycles. The number of fused-ring (bicyclic) bond motifs is 4. The third-order valence-electron chi connectivity index (χ3n) is 11.9. The fourth-order valence-electron chi connectivity index (χ4n) is 8.73. The first-order valence-corrected chi connectivity index (χ1v) is 21.3. The molecule has 10 aromatic carbocycles. The number of rotatable bonds is 7. The number of hydrogen-bond acceptors (Lipinski definition) is 6. The molecule has 0 atom stereocenters. The van der Waals surface area contributed by atoms with Gasteiger partial charge < -0.3 is 0 Å². The van der Waals surface area contributed by atoms with Crippen molar-refractivity contribution in [1.29, 1.82) is 0 Å². The highest BCUT2D eigenvalue weighted by Gasteiger charge is 2.20. The summed E-state index contributed by atoms with van der Waals surface area (Å²) in [6, 6.07) is 76.0. The molecule has 0 bridgehead atoms. The molecular formula is C58H36N6. The van der Waals surface area contributed by atoms with Gasteiger partial charge in [0.05, 0.1) is 0 Å². The van der Waals surface area contributed by atoms with Gasteiger partial charge in [-0.15, -0.1) is 0 Å². The van der Waals surface area contributed by atoms with Crippen LogP contribution in [-0.4, -0.2) is 29.9 Å². The zero-order valence-electron chi connectivity index (χ0n) is 34.5. The monoisotopic (exact) mass is 816 g/mol. The second-order valence-electron chi connectivity index (χ2n) is 16.0. The maximum absolute atomic E-state index is 5.27. The van der Waals surface area contributed by atoms with Gasteiger partial charge in [-0.1, -0.05) is 176 Å². The second-order valence-corrected chi connectivity index (χ2v) is 16.0. The van der Waals surface area contributed by atoms with Gasteiger partial charge in [0.2, 0.25) is 11.6 Å². The molecule has 0 radical (unpaired) electrons. The van der Waals surface area contributed by atoms with Crippen LogP contribution in [-0.2, 0) is 0 Å². The van der Waals surface area contributed by atoms with E-state index in [9.17, 15) is 0 Å². The Labute approximate surface area is 369 Å². The normalized spacial score (nSPS) is 11.4. The van der Waals surface area contributed by atoms with Gasteiger partial charge in [0.25, 0.3) is 0 Å². The molecule has 0 saturated heterocycles. The van der Waals surface area contributed by atoms with Gasteiger partial charge in [-0.3, -0.25) is 0 Å². The molecule has 0 unspecified atom stereocenters. The van der Waals surface area contributed by atoms with Crippen LogP contribution >= 0.6 is 0 Å². The van der Waals surface area contributed by atoms with Crippen molar-refractivity contribution in [3.8, 4) is 79.5 Å². The van der Waals surface area contributed by atoms with E-state index < -0.39 is 0 Å². The minimum atomic E-state index is 0.348. The van der Waals surface area contributed by atoms with E-state index in [2.05, 4.69) is 127 Å². The fourth-order valence-corrected chi connectivity index (χ4v) is 8.73. The van der Waals surface area contributed by atoms with Crippen LogP contribution in [0.4, 0.5) is 0 Å². The van der Waals surface area contributed by atoms with Crippen LogP contribution < -0.4 is 0 Å². The van der Waals surface area contributed by atoms with E-state index in [0.717, 1.165) is 44.5 Å². The molecule has 0 aliphatic rings. The molecule has 0 N–H and O–H groups in total. The Hall–Kier alpha value is -8.74. The van der Waals surface area contributed by atoms with Crippen molar-refractivity contribution in [2.24, 2.45) is 0 Å². The number of aromatic nitrogens is 6. The summed E-state index contributed by atoms with van der Waals surface area (Å²) in [5, 5.41) is 9.48. The van der Waals surface area contributed by atoms with Gasteiger partial charge in [0.1, 0.15) is 0 Å². The first-order chi connectivity index (χ1) is 31.7. The molecule has 12 aromatic rings. The fraction of sp³-hybridized carbons (Fsp3) is 0. The van der Waals surface area contributed by atoms with Gasteiger partial charge in [-0.2, -0.15) is 0 Å². The van der Waals surface area contributed by atoms with E-state index in [4.69, 9.17) is 29.9 Å². The first-order valence-electron chi connectivity index (χ1n) is 21.3. The second kappa shape index (κ2) is 15.6. The van der Waals surface area contributed by atoms with Gasteiger partial charge in [-0.25, -0.2) is 29.9 Å². The molecule has 6 heteroatoms.